The van der Waals surface area contributed by atoms with Crippen LogP contribution < -0.4 is 5.32 Å². The molecule has 102 valence electrons. The number of benzene rings is 1. The molecule has 0 spiro atoms. The van der Waals surface area contributed by atoms with Gasteiger partial charge in [-0.2, -0.15) is 5.26 Å². The highest BCUT2D eigenvalue weighted by atomic mass is 19.1. The lowest BCUT2D eigenvalue weighted by Gasteiger charge is -2.23. The largest absolute Gasteiger partial charge is 0.377 e. The molecular formula is C15H19FN2O. The van der Waals surface area contributed by atoms with Crippen molar-refractivity contribution in [1.82, 2.24) is 5.32 Å². The van der Waals surface area contributed by atoms with Crippen molar-refractivity contribution in [3.05, 3.63) is 35.1 Å². The first kappa shape index (κ1) is 14.0. The third-order valence-electron chi connectivity index (χ3n) is 3.48. The van der Waals surface area contributed by atoms with Crippen LogP contribution in [0, 0.1) is 17.1 Å². The van der Waals surface area contributed by atoms with Crippen molar-refractivity contribution in [2.24, 2.45) is 0 Å². The van der Waals surface area contributed by atoms with E-state index < -0.39 is 5.82 Å². The molecule has 1 saturated heterocycles. The van der Waals surface area contributed by atoms with Crippen molar-refractivity contribution in [2.45, 2.75) is 38.3 Å². The molecule has 1 aliphatic heterocycles. The van der Waals surface area contributed by atoms with Crippen LogP contribution in [0.4, 0.5) is 4.39 Å². The van der Waals surface area contributed by atoms with Crippen LogP contribution >= 0.6 is 0 Å². The molecule has 19 heavy (non-hydrogen) atoms. The third kappa shape index (κ3) is 4.02. The van der Waals surface area contributed by atoms with E-state index in [1.54, 1.807) is 12.1 Å². The van der Waals surface area contributed by atoms with E-state index in [1.807, 2.05) is 6.07 Å². The second-order valence-corrected chi connectivity index (χ2v) is 4.88. The maximum Gasteiger partial charge on any atom is 0.146 e. The molecule has 0 saturated carbocycles. The fraction of sp³-hybridized carbons (Fsp3) is 0.533. The number of hydrogen-bond donors (Lipinski definition) is 1. The second-order valence-electron chi connectivity index (χ2n) is 4.88. The number of rotatable bonds is 5. The highest BCUT2D eigenvalue weighted by Gasteiger charge is 2.12. The van der Waals surface area contributed by atoms with Gasteiger partial charge in [0.15, 0.2) is 0 Å². The molecule has 0 bridgehead atoms. The van der Waals surface area contributed by atoms with Crippen molar-refractivity contribution in [2.75, 3.05) is 13.2 Å². The SMILES string of the molecule is N#Cc1cccc(COCCC2CCCCN2)c1F. The van der Waals surface area contributed by atoms with Crippen LogP contribution in [0.25, 0.3) is 0 Å². The Labute approximate surface area is 113 Å². The van der Waals surface area contributed by atoms with Crippen LogP contribution in [-0.4, -0.2) is 19.2 Å². The zero-order chi connectivity index (χ0) is 13.5. The van der Waals surface area contributed by atoms with Crippen LogP contribution in [0.15, 0.2) is 18.2 Å². The minimum absolute atomic E-state index is 0.0787. The molecule has 1 fully saturated rings. The van der Waals surface area contributed by atoms with Gasteiger partial charge in [-0.15, -0.1) is 0 Å². The summed E-state index contributed by atoms with van der Waals surface area (Å²) in [6.07, 6.45) is 4.68. The Morgan fingerprint density at radius 1 is 1.42 bits per heavy atom. The van der Waals surface area contributed by atoms with Gasteiger partial charge in [-0.25, -0.2) is 4.39 Å². The number of halogens is 1. The average Bonchev–Trinajstić information content (AvgIpc) is 2.46. The van der Waals surface area contributed by atoms with E-state index in [-0.39, 0.29) is 12.2 Å². The molecule has 0 amide bonds. The van der Waals surface area contributed by atoms with Gasteiger partial charge in [0.2, 0.25) is 0 Å². The number of piperidine rings is 1. The molecule has 0 aliphatic carbocycles. The summed E-state index contributed by atoms with van der Waals surface area (Å²) in [5, 5.41) is 12.2. The minimum Gasteiger partial charge on any atom is -0.377 e. The fourth-order valence-electron chi connectivity index (χ4n) is 2.36. The van der Waals surface area contributed by atoms with Crippen molar-refractivity contribution in [3.8, 4) is 6.07 Å². The average molecular weight is 262 g/mol. The third-order valence-corrected chi connectivity index (χ3v) is 3.48. The molecule has 2 rings (SSSR count). The van der Waals surface area contributed by atoms with Gasteiger partial charge < -0.3 is 10.1 Å². The van der Waals surface area contributed by atoms with Crippen LogP contribution in [0.5, 0.6) is 0 Å². The Kier molecular flexibility index (Phi) is 5.31. The molecule has 1 heterocycles. The van der Waals surface area contributed by atoms with Crippen LogP contribution in [0.1, 0.15) is 36.8 Å². The Morgan fingerprint density at radius 2 is 2.32 bits per heavy atom. The van der Waals surface area contributed by atoms with Crippen molar-refractivity contribution in [1.29, 1.82) is 5.26 Å². The van der Waals surface area contributed by atoms with E-state index in [9.17, 15) is 4.39 Å². The molecule has 1 aromatic carbocycles. The molecule has 1 aliphatic rings. The predicted octanol–water partition coefficient (Wildman–Crippen LogP) is 2.75. The number of nitrogens with one attached hydrogen (secondary N) is 1. The first-order valence-electron chi connectivity index (χ1n) is 6.80. The number of hydrogen-bond acceptors (Lipinski definition) is 3. The number of ether oxygens (including phenoxy) is 1. The zero-order valence-corrected chi connectivity index (χ0v) is 11.0. The molecule has 3 nitrogen and oxygen atoms in total. The van der Waals surface area contributed by atoms with Crippen LogP contribution in [-0.2, 0) is 11.3 Å². The Bertz CT molecular complexity index is 450. The summed E-state index contributed by atoms with van der Waals surface area (Å²) in [5.41, 5.74) is 0.533. The standard InChI is InChI=1S/C15H19FN2O/c16-15-12(10-17)4-3-5-13(15)11-19-9-7-14-6-1-2-8-18-14/h3-5,14,18H,1-2,6-9,11H2. The topological polar surface area (TPSA) is 45.0 Å². The van der Waals surface area contributed by atoms with Crippen LogP contribution in [0.3, 0.4) is 0 Å². The lowest BCUT2D eigenvalue weighted by Crippen LogP contribution is -2.34. The van der Waals surface area contributed by atoms with E-state index in [0.29, 0.717) is 18.2 Å². The summed E-state index contributed by atoms with van der Waals surface area (Å²) in [5.74, 6) is -0.458. The van der Waals surface area contributed by atoms with E-state index >= 15 is 0 Å². The smallest absolute Gasteiger partial charge is 0.146 e. The summed E-state index contributed by atoms with van der Waals surface area (Å²) in [6.45, 7) is 1.94. The van der Waals surface area contributed by atoms with Gasteiger partial charge in [0, 0.05) is 18.2 Å². The summed E-state index contributed by atoms with van der Waals surface area (Å²) in [4.78, 5) is 0. The van der Waals surface area contributed by atoms with Crippen molar-refractivity contribution < 1.29 is 9.13 Å². The van der Waals surface area contributed by atoms with Gasteiger partial charge in [0.05, 0.1) is 12.2 Å². The van der Waals surface area contributed by atoms with Gasteiger partial charge in [-0.3, -0.25) is 0 Å². The normalized spacial score (nSPS) is 19.1. The van der Waals surface area contributed by atoms with Crippen LogP contribution in [0.2, 0.25) is 0 Å². The molecule has 4 heteroatoms. The first-order valence-corrected chi connectivity index (χ1v) is 6.80. The number of nitrogens with zero attached hydrogens (tertiary/aromatic N) is 1. The molecule has 1 atom stereocenters. The molecule has 0 aromatic heterocycles. The van der Waals surface area contributed by atoms with Gasteiger partial charge in [0.25, 0.3) is 0 Å². The van der Waals surface area contributed by atoms with E-state index in [4.69, 9.17) is 10.00 Å². The Morgan fingerprint density at radius 3 is 3.05 bits per heavy atom. The van der Waals surface area contributed by atoms with Gasteiger partial charge in [-0.05, 0) is 31.9 Å². The molecule has 0 radical (unpaired) electrons. The maximum absolute atomic E-state index is 13.7. The van der Waals surface area contributed by atoms with Crippen molar-refractivity contribution >= 4 is 0 Å². The Hall–Kier alpha value is -1.44. The lowest BCUT2D eigenvalue weighted by molar-refractivity contribution is 0.106. The zero-order valence-electron chi connectivity index (χ0n) is 11.0. The predicted molar refractivity (Wildman–Crippen MR) is 71.0 cm³/mol. The lowest BCUT2D eigenvalue weighted by atomic mass is 10.0. The summed E-state index contributed by atoms with van der Waals surface area (Å²) >= 11 is 0. The highest BCUT2D eigenvalue weighted by molar-refractivity contribution is 5.34. The quantitative estimate of drug-likeness (QED) is 0.830. The van der Waals surface area contributed by atoms with E-state index in [2.05, 4.69) is 5.32 Å². The monoisotopic (exact) mass is 262 g/mol. The fourth-order valence-corrected chi connectivity index (χ4v) is 2.36. The van der Waals surface area contributed by atoms with Gasteiger partial charge >= 0.3 is 0 Å². The summed E-state index contributed by atoms with van der Waals surface area (Å²) in [6, 6.07) is 7.19. The molecule has 1 aromatic rings. The van der Waals surface area contributed by atoms with Crippen molar-refractivity contribution in [3.63, 3.8) is 0 Å². The first-order chi connectivity index (χ1) is 9.31. The minimum atomic E-state index is -0.458. The summed E-state index contributed by atoms with van der Waals surface area (Å²) < 4.78 is 19.3. The van der Waals surface area contributed by atoms with E-state index in [0.717, 1.165) is 13.0 Å². The maximum atomic E-state index is 13.7. The molecule has 1 N–H and O–H groups in total. The number of nitriles is 1. The molecular weight excluding hydrogens is 243 g/mol. The van der Waals surface area contributed by atoms with Gasteiger partial charge in [0.1, 0.15) is 11.9 Å². The van der Waals surface area contributed by atoms with E-state index in [1.165, 1.54) is 25.3 Å². The molecule has 1 unspecified atom stereocenters. The van der Waals surface area contributed by atoms with Gasteiger partial charge in [-0.1, -0.05) is 18.6 Å². The second kappa shape index (κ2) is 7.22. The Balaban J connectivity index is 1.75. The summed E-state index contributed by atoms with van der Waals surface area (Å²) in [7, 11) is 0. The highest BCUT2D eigenvalue weighted by Crippen LogP contribution is 2.14.